The van der Waals surface area contributed by atoms with Crippen LogP contribution in [0.2, 0.25) is 0 Å². The molecular weight excluding hydrogens is 482 g/mol. The van der Waals surface area contributed by atoms with Gasteiger partial charge in [-0.1, -0.05) is 66.3 Å². The fourth-order valence-electron chi connectivity index (χ4n) is 4.67. The van der Waals surface area contributed by atoms with Gasteiger partial charge in [0.05, 0.1) is 22.8 Å². The Morgan fingerprint density at radius 2 is 1.00 bits per heavy atom. The quantitative estimate of drug-likeness (QED) is 0.343. The van der Waals surface area contributed by atoms with Crippen LogP contribution in [0.15, 0.2) is 43.5 Å². The van der Waals surface area contributed by atoms with Gasteiger partial charge in [0.15, 0.2) is 0 Å². The van der Waals surface area contributed by atoms with E-state index in [0.717, 1.165) is 89.4 Å². The molecule has 0 amide bonds. The van der Waals surface area contributed by atoms with Crippen molar-refractivity contribution in [2.45, 2.75) is 41.5 Å². The van der Waals surface area contributed by atoms with Gasteiger partial charge in [-0.25, -0.2) is 9.97 Å². The molecule has 35 heavy (non-hydrogen) atoms. The summed E-state index contributed by atoms with van der Waals surface area (Å²) in [5.74, 6) is 0. The molecule has 0 spiro atoms. The molecular formula is C30H28N4Zn. The second-order valence-corrected chi connectivity index (χ2v) is 9.09. The van der Waals surface area contributed by atoms with Crippen molar-refractivity contribution in [3.63, 3.8) is 0 Å². The summed E-state index contributed by atoms with van der Waals surface area (Å²) in [7, 11) is 0. The Hall–Kier alpha value is -3.30. The first kappa shape index (κ1) is 24.8. The molecule has 2 aliphatic heterocycles. The number of allylic oxidation sites excluding steroid dienone is 5. The number of nitrogens with zero attached hydrogens (tertiary/aromatic N) is 4. The van der Waals surface area contributed by atoms with Gasteiger partial charge < -0.3 is 9.97 Å². The summed E-state index contributed by atoms with van der Waals surface area (Å²) in [5, 5.41) is 0. The van der Waals surface area contributed by atoms with Gasteiger partial charge in [0, 0.05) is 5.57 Å². The van der Waals surface area contributed by atoms with Crippen LogP contribution in [0.5, 0.6) is 0 Å². The summed E-state index contributed by atoms with van der Waals surface area (Å²) in [4.78, 5) is 19.9. The summed E-state index contributed by atoms with van der Waals surface area (Å²) in [6, 6.07) is 8.28. The van der Waals surface area contributed by atoms with Crippen molar-refractivity contribution in [2.24, 2.45) is 0 Å². The number of hydrogen-bond acceptors (Lipinski definition) is 2. The summed E-state index contributed by atoms with van der Waals surface area (Å²) in [5.41, 5.74) is 16.1. The maximum atomic E-state index is 4.96. The molecule has 8 bridgehead atoms. The van der Waals surface area contributed by atoms with Gasteiger partial charge in [-0.3, -0.25) is 0 Å². The fraction of sp³-hybridized carbons (Fsp3) is 0.200. The molecule has 0 aliphatic carbocycles. The molecule has 0 aromatic carbocycles. The summed E-state index contributed by atoms with van der Waals surface area (Å²) in [6.07, 6.45) is 3.74. The van der Waals surface area contributed by atoms with Gasteiger partial charge in [-0.2, -0.15) is 0 Å². The van der Waals surface area contributed by atoms with E-state index in [1.54, 1.807) is 0 Å². The maximum absolute atomic E-state index is 4.96. The smallest absolute Gasteiger partial charge is 0.657 e. The minimum Gasteiger partial charge on any atom is -0.657 e. The van der Waals surface area contributed by atoms with E-state index in [1.165, 1.54) is 0 Å². The molecule has 0 radical (unpaired) electrons. The molecule has 0 saturated heterocycles. The van der Waals surface area contributed by atoms with Crippen molar-refractivity contribution in [2.75, 3.05) is 0 Å². The molecule has 0 atom stereocenters. The molecule has 5 heterocycles. The third-order valence-corrected chi connectivity index (χ3v) is 7.26. The molecule has 0 N–H and O–H groups in total. The largest absolute Gasteiger partial charge is 2.00 e. The molecule has 5 rings (SSSR count). The van der Waals surface area contributed by atoms with E-state index in [-0.39, 0.29) is 19.5 Å². The van der Waals surface area contributed by atoms with E-state index in [2.05, 4.69) is 72.9 Å². The zero-order valence-corrected chi connectivity index (χ0v) is 24.3. The average molecular weight is 510 g/mol. The Bertz CT molecular complexity index is 1640. The third-order valence-electron chi connectivity index (χ3n) is 7.26. The first-order chi connectivity index (χ1) is 16.2. The molecule has 0 unspecified atom stereocenters. The molecule has 0 saturated carbocycles. The fourth-order valence-corrected chi connectivity index (χ4v) is 4.67. The van der Waals surface area contributed by atoms with Crippen molar-refractivity contribution in [1.82, 2.24) is 19.9 Å². The van der Waals surface area contributed by atoms with Gasteiger partial charge in [0.2, 0.25) is 0 Å². The second kappa shape index (κ2) is 9.05. The van der Waals surface area contributed by atoms with Gasteiger partial charge in [0.1, 0.15) is 0 Å². The Morgan fingerprint density at radius 1 is 0.571 bits per heavy atom. The monoisotopic (exact) mass is 508 g/mol. The SMILES string of the molecule is C=CC1=C(C)c2cc3[n-]c(cc4nc(cc5[n-]c(cc1n2)c(C)c5C=C)C(C)=C4C)c(C)c3C.[Zn+2]. The van der Waals surface area contributed by atoms with Crippen LogP contribution in [-0.4, -0.2) is 9.97 Å². The van der Waals surface area contributed by atoms with Crippen LogP contribution < -0.4 is 9.97 Å². The molecule has 3 aromatic rings. The molecule has 5 heteroatoms. The van der Waals surface area contributed by atoms with Crippen molar-refractivity contribution >= 4 is 50.4 Å². The van der Waals surface area contributed by atoms with Gasteiger partial charge in [-0.15, -0.1) is 22.1 Å². The minimum atomic E-state index is 0. The van der Waals surface area contributed by atoms with E-state index in [1.807, 2.05) is 18.2 Å². The molecule has 2 aliphatic rings. The number of hydrogen-bond donors (Lipinski definition) is 0. The number of aryl methyl sites for hydroxylation is 3. The average Bonchev–Trinajstić information content (AvgIpc) is 3.45. The Morgan fingerprint density at radius 3 is 1.54 bits per heavy atom. The summed E-state index contributed by atoms with van der Waals surface area (Å²) >= 11 is 0. The van der Waals surface area contributed by atoms with Crippen LogP contribution in [-0.2, 0) is 19.5 Å². The molecule has 0 fully saturated rings. The number of rotatable bonds is 2. The zero-order valence-electron chi connectivity index (χ0n) is 21.4. The van der Waals surface area contributed by atoms with E-state index in [0.29, 0.717) is 0 Å². The molecule has 3 aromatic heterocycles. The summed E-state index contributed by atoms with van der Waals surface area (Å²) in [6.45, 7) is 20.7. The normalized spacial score (nSPS) is 13.2. The standard InChI is InChI=1S/C30H28N4.Zn/c1-9-21-19(7)27-12-25-16(4)15(3)23(31-25)11-24-17(5)18(6)26(32-24)13-29-22(10-2)20(8)28(34-29)14-30(21)33-27;/h9-14H,1-2H2,3-8H3;/q-2;+2. The first-order valence-electron chi connectivity index (χ1n) is 11.5. The second-order valence-electron chi connectivity index (χ2n) is 9.09. The Balaban J connectivity index is 0.00000289. The Labute approximate surface area is 219 Å². The number of aromatic nitrogens is 4. The van der Waals surface area contributed by atoms with Gasteiger partial charge in [0.25, 0.3) is 0 Å². The predicted molar refractivity (Wildman–Crippen MR) is 144 cm³/mol. The van der Waals surface area contributed by atoms with Crippen molar-refractivity contribution in [1.29, 1.82) is 0 Å². The van der Waals surface area contributed by atoms with Crippen molar-refractivity contribution < 1.29 is 19.5 Å². The third kappa shape index (κ3) is 3.88. The minimum absolute atomic E-state index is 0. The van der Waals surface area contributed by atoms with E-state index in [9.17, 15) is 0 Å². The van der Waals surface area contributed by atoms with Crippen LogP contribution in [0.4, 0.5) is 0 Å². The predicted octanol–water partition coefficient (Wildman–Crippen LogP) is 7.21. The maximum Gasteiger partial charge on any atom is 2.00 e. The molecule has 170 valence electrons. The Kier molecular flexibility index (Phi) is 6.42. The zero-order chi connectivity index (χ0) is 24.3. The van der Waals surface area contributed by atoms with Crippen LogP contribution in [0.25, 0.3) is 50.4 Å². The molecule has 4 nitrogen and oxygen atoms in total. The van der Waals surface area contributed by atoms with Crippen LogP contribution >= 0.6 is 0 Å². The summed E-state index contributed by atoms with van der Waals surface area (Å²) < 4.78 is 0. The van der Waals surface area contributed by atoms with E-state index < -0.39 is 0 Å². The van der Waals surface area contributed by atoms with Crippen molar-refractivity contribution in [3.05, 3.63) is 88.5 Å². The van der Waals surface area contributed by atoms with Crippen LogP contribution in [0, 0.1) is 20.8 Å². The van der Waals surface area contributed by atoms with Gasteiger partial charge in [-0.05, 0) is 63.8 Å². The van der Waals surface area contributed by atoms with E-state index >= 15 is 0 Å². The topological polar surface area (TPSA) is 54.0 Å². The first-order valence-corrected chi connectivity index (χ1v) is 11.5. The van der Waals surface area contributed by atoms with Crippen molar-refractivity contribution in [3.8, 4) is 0 Å². The van der Waals surface area contributed by atoms with Crippen LogP contribution in [0.3, 0.4) is 0 Å². The number of fused-ring (bicyclic) bond motifs is 8. The van der Waals surface area contributed by atoms with Crippen LogP contribution in [0.1, 0.15) is 65.8 Å². The van der Waals surface area contributed by atoms with E-state index in [4.69, 9.17) is 19.9 Å². The van der Waals surface area contributed by atoms with Gasteiger partial charge >= 0.3 is 19.5 Å².